The van der Waals surface area contributed by atoms with Gasteiger partial charge in [-0.2, -0.15) is 0 Å². The highest BCUT2D eigenvalue weighted by Gasteiger charge is 2.09. The number of hydrogen-bond donors (Lipinski definition) is 0. The molecule has 2 heteroatoms. The number of rotatable bonds is 4. The smallest absolute Gasteiger partial charge is 0.193 e. The molecule has 142 valence electrons. The molecule has 4 rings (SSSR count). The lowest BCUT2D eigenvalue weighted by atomic mass is 9.99. The topological polar surface area (TPSA) is 34.1 Å². The van der Waals surface area contributed by atoms with Gasteiger partial charge in [-0.15, -0.1) is 0 Å². The summed E-state index contributed by atoms with van der Waals surface area (Å²) in [5.74, 6) is 0.167. The summed E-state index contributed by atoms with van der Waals surface area (Å²) in [4.78, 5) is 23.9. The molecule has 0 spiro atoms. The van der Waals surface area contributed by atoms with Crippen molar-refractivity contribution < 1.29 is 9.59 Å². The first kappa shape index (κ1) is 20.0. The second-order valence-corrected chi connectivity index (χ2v) is 6.57. The molecule has 0 amide bonds. The Morgan fingerprint density at radius 3 is 1.21 bits per heavy atom. The van der Waals surface area contributed by atoms with Crippen LogP contribution >= 0.6 is 0 Å². The van der Waals surface area contributed by atoms with Crippen LogP contribution in [0.2, 0.25) is 0 Å². The molecule has 4 aromatic carbocycles. The molecular weight excluding hydrogens is 356 g/mol. The van der Waals surface area contributed by atoms with E-state index in [1.807, 2.05) is 122 Å². The highest BCUT2D eigenvalue weighted by atomic mass is 16.1. The first-order valence-corrected chi connectivity index (χ1v) is 9.47. The van der Waals surface area contributed by atoms with Gasteiger partial charge in [0.25, 0.3) is 0 Å². The van der Waals surface area contributed by atoms with E-state index in [0.717, 1.165) is 27.8 Å². The van der Waals surface area contributed by atoms with Crippen LogP contribution in [0.5, 0.6) is 0 Å². The summed E-state index contributed by atoms with van der Waals surface area (Å²) < 4.78 is 0. The van der Waals surface area contributed by atoms with Crippen molar-refractivity contribution in [1.82, 2.24) is 0 Å². The summed E-state index contributed by atoms with van der Waals surface area (Å²) in [5.41, 5.74) is 4.01. The first-order valence-electron chi connectivity index (χ1n) is 9.47. The molecule has 0 radical (unpaired) electrons. The van der Waals surface area contributed by atoms with Crippen LogP contribution in [0, 0.1) is 6.92 Å². The van der Waals surface area contributed by atoms with Crippen molar-refractivity contribution in [3.05, 3.63) is 143 Å². The Balaban J connectivity index is 0.000000166. The van der Waals surface area contributed by atoms with Gasteiger partial charge >= 0.3 is 0 Å². The molecule has 0 saturated carbocycles. The third kappa shape index (κ3) is 5.36. The number of carbonyl (C=O) groups is 2. The number of benzene rings is 4. The number of hydrogen-bond acceptors (Lipinski definition) is 2. The molecule has 29 heavy (non-hydrogen) atoms. The number of carbonyl (C=O) groups excluding carboxylic acids is 2. The van der Waals surface area contributed by atoms with Gasteiger partial charge in [-0.25, -0.2) is 0 Å². The van der Waals surface area contributed by atoms with Crippen molar-refractivity contribution in [3.8, 4) is 0 Å². The zero-order valence-corrected chi connectivity index (χ0v) is 16.3. The molecule has 0 bridgehead atoms. The van der Waals surface area contributed by atoms with Crippen molar-refractivity contribution in [2.24, 2.45) is 0 Å². The van der Waals surface area contributed by atoms with E-state index in [1.165, 1.54) is 0 Å². The van der Waals surface area contributed by atoms with Gasteiger partial charge in [-0.1, -0.05) is 115 Å². The van der Waals surface area contributed by atoms with Gasteiger partial charge < -0.3 is 0 Å². The molecule has 0 heterocycles. The molecule has 0 aliphatic heterocycles. The molecule has 0 saturated heterocycles. The minimum Gasteiger partial charge on any atom is -0.289 e. The van der Waals surface area contributed by atoms with Gasteiger partial charge in [0.05, 0.1) is 0 Å². The molecule has 0 unspecified atom stereocenters. The van der Waals surface area contributed by atoms with Crippen LogP contribution in [0.25, 0.3) is 0 Å². The van der Waals surface area contributed by atoms with Crippen LogP contribution in [-0.2, 0) is 0 Å². The van der Waals surface area contributed by atoms with Crippen molar-refractivity contribution >= 4 is 11.6 Å². The minimum atomic E-state index is 0.0752. The summed E-state index contributed by atoms with van der Waals surface area (Å²) in [5, 5.41) is 0. The first-order chi connectivity index (χ1) is 14.2. The van der Waals surface area contributed by atoms with Gasteiger partial charge in [0.15, 0.2) is 11.6 Å². The van der Waals surface area contributed by atoms with Gasteiger partial charge in [0, 0.05) is 22.3 Å². The highest BCUT2D eigenvalue weighted by molar-refractivity contribution is 6.10. The van der Waals surface area contributed by atoms with E-state index < -0.39 is 0 Å². The average molecular weight is 378 g/mol. The largest absolute Gasteiger partial charge is 0.289 e. The fourth-order valence-corrected chi connectivity index (χ4v) is 2.92. The SMILES string of the molecule is Cc1ccccc1C(=O)c1ccccc1.O=C(c1ccccc1)c1ccccc1. The van der Waals surface area contributed by atoms with Gasteiger partial charge in [-0.3, -0.25) is 9.59 Å². The van der Waals surface area contributed by atoms with E-state index in [0.29, 0.717) is 0 Å². The van der Waals surface area contributed by atoms with Crippen molar-refractivity contribution in [1.29, 1.82) is 0 Å². The molecular formula is C27H22O2. The quantitative estimate of drug-likeness (QED) is 0.400. The van der Waals surface area contributed by atoms with E-state index >= 15 is 0 Å². The molecule has 2 nitrogen and oxygen atoms in total. The van der Waals surface area contributed by atoms with E-state index in [2.05, 4.69) is 0 Å². The Labute approximate surface area is 171 Å². The summed E-state index contributed by atoms with van der Waals surface area (Å²) >= 11 is 0. The minimum absolute atomic E-state index is 0.0752. The summed E-state index contributed by atoms with van der Waals surface area (Å²) in [6, 6.07) is 35.6. The third-order valence-electron chi connectivity index (χ3n) is 4.50. The molecule has 0 N–H and O–H groups in total. The van der Waals surface area contributed by atoms with E-state index in [9.17, 15) is 9.59 Å². The lowest BCUT2D eigenvalue weighted by Crippen LogP contribution is -2.02. The Bertz CT molecular complexity index is 1030. The van der Waals surface area contributed by atoms with Crippen molar-refractivity contribution in [2.75, 3.05) is 0 Å². The highest BCUT2D eigenvalue weighted by Crippen LogP contribution is 2.13. The Morgan fingerprint density at radius 2 is 0.793 bits per heavy atom. The van der Waals surface area contributed by atoms with Crippen LogP contribution in [0.15, 0.2) is 115 Å². The molecule has 0 atom stereocenters. The van der Waals surface area contributed by atoms with Gasteiger partial charge in [0.2, 0.25) is 0 Å². The predicted molar refractivity (Wildman–Crippen MR) is 117 cm³/mol. The second kappa shape index (κ2) is 9.95. The second-order valence-electron chi connectivity index (χ2n) is 6.57. The maximum absolute atomic E-state index is 12.1. The van der Waals surface area contributed by atoms with Gasteiger partial charge in [-0.05, 0) is 12.5 Å². The van der Waals surface area contributed by atoms with Crippen LogP contribution < -0.4 is 0 Å². The van der Waals surface area contributed by atoms with Crippen LogP contribution in [-0.4, -0.2) is 11.6 Å². The maximum Gasteiger partial charge on any atom is 0.193 e. The zero-order valence-electron chi connectivity index (χ0n) is 16.3. The van der Waals surface area contributed by atoms with Crippen molar-refractivity contribution in [2.45, 2.75) is 6.92 Å². The van der Waals surface area contributed by atoms with Crippen LogP contribution in [0.3, 0.4) is 0 Å². The Morgan fingerprint density at radius 1 is 0.448 bits per heavy atom. The van der Waals surface area contributed by atoms with Crippen LogP contribution in [0.4, 0.5) is 0 Å². The molecule has 0 aliphatic rings. The van der Waals surface area contributed by atoms with E-state index in [4.69, 9.17) is 0 Å². The zero-order chi connectivity index (χ0) is 20.5. The average Bonchev–Trinajstić information content (AvgIpc) is 2.81. The molecule has 0 fully saturated rings. The molecule has 0 aromatic heterocycles. The summed E-state index contributed by atoms with van der Waals surface area (Å²) in [7, 11) is 0. The summed E-state index contributed by atoms with van der Waals surface area (Å²) in [6.07, 6.45) is 0. The van der Waals surface area contributed by atoms with E-state index in [1.54, 1.807) is 0 Å². The number of aryl methyl sites for hydroxylation is 1. The maximum atomic E-state index is 12.1. The normalized spacial score (nSPS) is 9.83. The monoisotopic (exact) mass is 378 g/mol. The lowest BCUT2D eigenvalue weighted by molar-refractivity contribution is 0.103. The summed E-state index contributed by atoms with van der Waals surface area (Å²) in [6.45, 7) is 1.95. The third-order valence-corrected chi connectivity index (χ3v) is 4.50. The lowest BCUT2D eigenvalue weighted by Gasteiger charge is -2.03. The van der Waals surface area contributed by atoms with Crippen molar-refractivity contribution in [3.63, 3.8) is 0 Å². The van der Waals surface area contributed by atoms with E-state index in [-0.39, 0.29) is 11.6 Å². The van der Waals surface area contributed by atoms with Crippen LogP contribution in [0.1, 0.15) is 37.4 Å². The molecule has 0 aliphatic carbocycles. The molecule has 4 aromatic rings. The fourth-order valence-electron chi connectivity index (χ4n) is 2.92. The predicted octanol–water partition coefficient (Wildman–Crippen LogP) is 6.14. The fraction of sp³-hybridized carbons (Fsp3) is 0.0370. The standard InChI is InChI=1S/C14H12O.C13H10O/c1-11-7-5-6-10-13(11)14(15)12-8-3-2-4-9-12;14-13(11-7-3-1-4-8-11)12-9-5-2-6-10-12/h2-10H,1H3;1-10H. The Kier molecular flexibility index (Phi) is 6.85. The van der Waals surface area contributed by atoms with Gasteiger partial charge in [0.1, 0.15) is 0 Å². The Hall–Kier alpha value is -3.78. The number of ketones is 2.